The van der Waals surface area contributed by atoms with Crippen molar-refractivity contribution in [3.05, 3.63) is 51.4 Å². The van der Waals surface area contributed by atoms with E-state index in [2.05, 4.69) is 21.0 Å². The van der Waals surface area contributed by atoms with Crippen molar-refractivity contribution in [2.45, 2.75) is 13.3 Å². The summed E-state index contributed by atoms with van der Waals surface area (Å²) < 4.78 is 0. The van der Waals surface area contributed by atoms with E-state index in [1.807, 2.05) is 37.3 Å². The molecule has 0 spiro atoms. The fraction of sp³-hybridized carbons (Fsp3) is 0.182. The number of hydrogen-bond donors (Lipinski definition) is 0. The topological polar surface area (TPSA) is 3.24 Å². The Morgan fingerprint density at radius 3 is 1.71 bits per heavy atom. The third kappa shape index (κ3) is 10.8. The maximum Gasteiger partial charge on any atom is 0 e. The van der Waals surface area contributed by atoms with Gasteiger partial charge in [0.2, 0.25) is 0 Å². The van der Waals surface area contributed by atoms with Gasteiger partial charge in [-0.15, -0.1) is 0 Å². The van der Waals surface area contributed by atoms with Crippen LogP contribution in [-0.4, -0.2) is 0 Å². The van der Waals surface area contributed by atoms with Gasteiger partial charge in [0.05, 0.1) is 0 Å². The average molecular weight is 302 g/mol. The van der Waals surface area contributed by atoms with E-state index in [1.165, 1.54) is 0 Å². The Hall–Kier alpha value is 0.708. The SMILES string of the molecule is [CH2-]CC.[CH2-]N([CH2-])c1ccccc1.[V].[Y]. The number of para-hydroxylation sites is 1. The van der Waals surface area contributed by atoms with Crippen LogP contribution < -0.4 is 4.90 Å². The average Bonchev–Trinajstić information content (AvgIpc) is 2.07. The quantitative estimate of drug-likeness (QED) is 0.720. The minimum Gasteiger partial charge on any atom is -0.670 e. The molecule has 0 bridgehead atoms. The Kier molecular flexibility index (Phi) is 19.7. The summed E-state index contributed by atoms with van der Waals surface area (Å²) >= 11 is 0. The standard InChI is InChI=1S/C8H9N.C3H7.V.Y/c1-9(2)8-6-4-3-5-7-8;1-3-2;;/h3-7H,1-2H2;1,3H2,2H3;;/q-2;-1;;. The first-order valence-electron chi connectivity index (χ1n) is 3.97. The second-order valence-corrected chi connectivity index (χ2v) is 2.38. The summed E-state index contributed by atoms with van der Waals surface area (Å²) in [6, 6.07) is 9.80. The number of hydrogen-bond acceptors (Lipinski definition) is 1. The van der Waals surface area contributed by atoms with Gasteiger partial charge in [-0.3, -0.25) is 14.1 Å². The molecule has 0 aliphatic heterocycles. The molecule has 0 fully saturated rings. The monoisotopic (exact) mass is 302 g/mol. The first kappa shape index (κ1) is 20.2. The van der Waals surface area contributed by atoms with Crippen LogP contribution in [-0.2, 0) is 51.3 Å². The van der Waals surface area contributed by atoms with Gasteiger partial charge < -0.3 is 11.8 Å². The van der Waals surface area contributed by atoms with Gasteiger partial charge in [-0.2, -0.15) is 6.42 Å². The Morgan fingerprint density at radius 2 is 1.50 bits per heavy atom. The molecule has 0 atom stereocenters. The van der Waals surface area contributed by atoms with E-state index < -0.39 is 0 Å². The van der Waals surface area contributed by atoms with Gasteiger partial charge >= 0.3 is 0 Å². The molecule has 0 saturated carbocycles. The van der Waals surface area contributed by atoms with Gasteiger partial charge in [0.15, 0.2) is 0 Å². The molecule has 3 heteroatoms. The van der Waals surface area contributed by atoms with Gasteiger partial charge in [0.25, 0.3) is 0 Å². The first-order chi connectivity index (χ1) is 5.72. The minimum atomic E-state index is 0. The Morgan fingerprint density at radius 1 is 1.14 bits per heavy atom. The van der Waals surface area contributed by atoms with Gasteiger partial charge in [0, 0.05) is 51.3 Å². The van der Waals surface area contributed by atoms with Crippen LogP contribution in [0.4, 0.5) is 5.69 Å². The van der Waals surface area contributed by atoms with Crippen molar-refractivity contribution in [2.75, 3.05) is 4.90 Å². The molecule has 0 N–H and O–H groups in total. The third-order valence-electron chi connectivity index (χ3n) is 1.12. The molecular formula is C11H16NVY-3. The number of nitrogens with zero attached hydrogens (tertiary/aromatic N) is 1. The molecule has 76 valence electrons. The van der Waals surface area contributed by atoms with E-state index in [4.69, 9.17) is 0 Å². The van der Waals surface area contributed by atoms with Crippen molar-refractivity contribution in [3.8, 4) is 0 Å². The summed E-state index contributed by atoms with van der Waals surface area (Å²) in [7, 11) is 7.26. The van der Waals surface area contributed by atoms with Crippen molar-refractivity contribution in [1.82, 2.24) is 0 Å². The van der Waals surface area contributed by atoms with E-state index in [1.54, 1.807) is 4.90 Å². The van der Waals surface area contributed by atoms with Gasteiger partial charge in [0.1, 0.15) is 0 Å². The molecule has 1 aromatic rings. The zero-order valence-corrected chi connectivity index (χ0v) is 12.9. The Labute approximate surface area is 125 Å². The Bertz CT molecular complexity index is 190. The van der Waals surface area contributed by atoms with E-state index >= 15 is 0 Å². The van der Waals surface area contributed by atoms with Crippen molar-refractivity contribution in [3.63, 3.8) is 0 Å². The summed E-state index contributed by atoms with van der Waals surface area (Å²) in [5, 5.41) is 0. The minimum absolute atomic E-state index is 0. The molecule has 14 heavy (non-hydrogen) atoms. The number of anilines is 1. The zero-order chi connectivity index (χ0) is 9.40. The summed E-state index contributed by atoms with van der Waals surface area (Å²) in [6.45, 7) is 5.50. The van der Waals surface area contributed by atoms with Crippen molar-refractivity contribution in [1.29, 1.82) is 0 Å². The molecule has 0 unspecified atom stereocenters. The second kappa shape index (κ2) is 13.7. The van der Waals surface area contributed by atoms with Gasteiger partial charge in [-0.25, -0.2) is 0 Å². The molecule has 0 aliphatic rings. The van der Waals surface area contributed by atoms with E-state index in [0.29, 0.717) is 0 Å². The molecule has 1 aromatic carbocycles. The second-order valence-electron chi connectivity index (χ2n) is 2.38. The molecule has 1 rings (SSSR count). The molecule has 0 saturated heterocycles. The van der Waals surface area contributed by atoms with Crippen LogP contribution in [0.25, 0.3) is 0 Å². The van der Waals surface area contributed by atoms with Crippen LogP contribution in [0.5, 0.6) is 0 Å². The fourth-order valence-electron chi connectivity index (χ4n) is 0.639. The maximum absolute atomic E-state index is 3.63. The molecular weight excluding hydrogens is 286 g/mol. The summed E-state index contributed by atoms with van der Waals surface area (Å²) in [5.41, 5.74) is 1.03. The zero-order valence-electron chi connectivity index (χ0n) is 8.69. The first-order valence-corrected chi connectivity index (χ1v) is 3.97. The van der Waals surface area contributed by atoms with Crippen LogP contribution in [0.15, 0.2) is 30.3 Å². The van der Waals surface area contributed by atoms with Gasteiger partial charge in [-0.1, -0.05) is 25.1 Å². The van der Waals surface area contributed by atoms with Crippen molar-refractivity contribution in [2.24, 2.45) is 0 Å². The fourth-order valence-corrected chi connectivity index (χ4v) is 0.639. The van der Waals surface area contributed by atoms with E-state index in [0.717, 1.165) is 12.1 Å². The summed E-state index contributed by atoms with van der Waals surface area (Å²) in [6.07, 6.45) is 1.00. The molecule has 1 nitrogen and oxygen atoms in total. The summed E-state index contributed by atoms with van der Waals surface area (Å²) in [5.74, 6) is 0. The predicted octanol–water partition coefficient (Wildman–Crippen LogP) is 3.30. The number of benzene rings is 1. The van der Waals surface area contributed by atoms with Crippen LogP contribution in [0.1, 0.15) is 13.3 Å². The van der Waals surface area contributed by atoms with Crippen LogP contribution in [0, 0.1) is 21.0 Å². The predicted molar refractivity (Wildman–Crippen MR) is 55.3 cm³/mol. The van der Waals surface area contributed by atoms with Crippen LogP contribution in [0.3, 0.4) is 0 Å². The van der Waals surface area contributed by atoms with Crippen LogP contribution in [0.2, 0.25) is 0 Å². The molecule has 0 aliphatic carbocycles. The smallest absolute Gasteiger partial charge is 0 e. The van der Waals surface area contributed by atoms with Crippen molar-refractivity contribution < 1.29 is 51.3 Å². The maximum atomic E-state index is 3.63. The third-order valence-corrected chi connectivity index (χ3v) is 1.12. The normalized spacial score (nSPS) is 7.14. The van der Waals surface area contributed by atoms with Crippen LogP contribution >= 0.6 is 0 Å². The van der Waals surface area contributed by atoms with Gasteiger partial charge in [-0.05, 0) is 17.8 Å². The molecule has 0 heterocycles. The largest absolute Gasteiger partial charge is 0.670 e. The molecule has 0 aromatic heterocycles. The summed E-state index contributed by atoms with van der Waals surface area (Å²) in [4.78, 5) is 1.58. The van der Waals surface area contributed by atoms with E-state index in [-0.39, 0.29) is 51.3 Å². The van der Waals surface area contributed by atoms with Crippen molar-refractivity contribution >= 4 is 5.69 Å². The Balaban J connectivity index is -0.000000218. The van der Waals surface area contributed by atoms with E-state index in [9.17, 15) is 0 Å². The number of rotatable bonds is 1. The molecule has 0 amide bonds. The molecule has 2 radical (unpaired) electrons.